The molecule has 0 amide bonds. The average Bonchev–Trinajstić information content (AvgIpc) is 2.20. The minimum absolute atomic E-state index is 0.305. The van der Waals surface area contributed by atoms with Crippen LogP contribution in [0.2, 0.25) is 0 Å². The Morgan fingerprint density at radius 1 is 1.57 bits per heavy atom. The molecule has 0 fully saturated rings. The van der Waals surface area contributed by atoms with Crippen molar-refractivity contribution in [3.8, 4) is 6.07 Å². The number of hydrogen-bond donors (Lipinski definition) is 0. The van der Waals surface area contributed by atoms with Gasteiger partial charge in [0, 0.05) is 0 Å². The molecule has 3 nitrogen and oxygen atoms in total. The highest BCUT2D eigenvalue weighted by Gasteiger charge is 2.39. The van der Waals surface area contributed by atoms with E-state index in [4.69, 9.17) is 10.00 Å². The molecular weight excluding hydrogens is 178 g/mol. The number of ether oxygens (including phenoxy) is 1. The molecule has 0 radical (unpaired) electrons. The Balaban J connectivity index is 5.10. The fourth-order valence-corrected chi connectivity index (χ4v) is 1.30. The summed E-state index contributed by atoms with van der Waals surface area (Å²) in [5.74, 6) is -0.444. The number of allylic oxidation sites excluding steroid dienone is 1. The highest BCUT2D eigenvalue weighted by atomic mass is 16.5. The van der Waals surface area contributed by atoms with E-state index in [9.17, 15) is 4.79 Å². The molecule has 1 atom stereocenters. The fourth-order valence-electron chi connectivity index (χ4n) is 1.30. The van der Waals surface area contributed by atoms with Gasteiger partial charge >= 0.3 is 5.97 Å². The van der Waals surface area contributed by atoms with E-state index in [0.29, 0.717) is 13.0 Å². The second-order valence-corrected chi connectivity index (χ2v) is 3.06. The molecule has 1 unspecified atom stereocenters. The lowest BCUT2D eigenvalue weighted by Gasteiger charge is -2.23. The third-order valence-corrected chi connectivity index (χ3v) is 2.45. The maximum atomic E-state index is 11.6. The van der Waals surface area contributed by atoms with Crippen LogP contribution >= 0.6 is 0 Å². The first kappa shape index (κ1) is 12.7. The smallest absolute Gasteiger partial charge is 0.330 e. The molecule has 3 heteroatoms. The van der Waals surface area contributed by atoms with Crippen molar-refractivity contribution in [2.24, 2.45) is 5.41 Å². The molecule has 0 spiro atoms. The SMILES string of the molecule is CC=C(C)C(C#N)(CC)C(=O)OCC. The minimum Gasteiger partial charge on any atom is -0.465 e. The van der Waals surface area contributed by atoms with Gasteiger partial charge in [0.15, 0.2) is 5.41 Å². The van der Waals surface area contributed by atoms with Gasteiger partial charge in [0.05, 0.1) is 12.7 Å². The van der Waals surface area contributed by atoms with Crippen LogP contribution in [0, 0.1) is 16.7 Å². The van der Waals surface area contributed by atoms with Crippen molar-refractivity contribution >= 4 is 5.97 Å². The molecule has 0 rings (SSSR count). The molecule has 0 aliphatic carbocycles. The molecule has 0 aromatic heterocycles. The van der Waals surface area contributed by atoms with Gasteiger partial charge < -0.3 is 4.74 Å². The lowest BCUT2D eigenvalue weighted by Crippen LogP contribution is -2.32. The summed E-state index contributed by atoms with van der Waals surface area (Å²) in [5, 5.41) is 9.08. The van der Waals surface area contributed by atoms with Gasteiger partial charge in [-0.3, -0.25) is 0 Å². The summed E-state index contributed by atoms with van der Waals surface area (Å²) in [5.41, 5.74) is -0.342. The molecule has 14 heavy (non-hydrogen) atoms. The lowest BCUT2D eigenvalue weighted by atomic mass is 9.79. The molecule has 0 aliphatic rings. The monoisotopic (exact) mass is 195 g/mol. The Morgan fingerprint density at radius 2 is 2.14 bits per heavy atom. The second-order valence-electron chi connectivity index (χ2n) is 3.06. The van der Waals surface area contributed by atoms with E-state index in [1.807, 2.05) is 13.8 Å². The molecule has 0 saturated carbocycles. The first-order valence-corrected chi connectivity index (χ1v) is 4.80. The standard InChI is InChI=1S/C11H17NO2/c1-5-9(4)11(6-2,8-12)10(13)14-7-3/h5H,6-7H2,1-4H3. The maximum Gasteiger partial charge on any atom is 0.330 e. The molecule has 0 aliphatic heterocycles. The van der Waals surface area contributed by atoms with Gasteiger partial charge in [-0.15, -0.1) is 0 Å². The Bertz CT molecular complexity index is 276. The summed E-state index contributed by atoms with van der Waals surface area (Å²) in [6.07, 6.45) is 2.22. The molecule has 0 bridgehead atoms. The highest BCUT2D eigenvalue weighted by molar-refractivity contribution is 5.83. The molecule has 0 aromatic rings. The molecule has 0 saturated heterocycles. The summed E-state index contributed by atoms with van der Waals surface area (Å²) in [6.45, 7) is 7.45. The summed E-state index contributed by atoms with van der Waals surface area (Å²) < 4.78 is 4.91. The number of nitriles is 1. The van der Waals surface area contributed by atoms with E-state index < -0.39 is 11.4 Å². The largest absolute Gasteiger partial charge is 0.465 e. The summed E-state index contributed by atoms with van der Waals surface area (Å²) >= 11 is 0. The Hall–Kier alpha value is -1.30. The molecule has 0 aromatic carbocycles. The van der Waals surface area contributed by atoms with Crippen LogP contribution in [0.1, 0.15) is 34.1 Å². The van der Waals surface area contributed by atoms with Crippen molar-refractivity contribution in [1.29, 1.82) is 5.26 Å². The number of nitrogens with zero attached hydrogens (tertiary/aromatic N) is 1. The second kappa shape index (κ2) is 5.43. The number of carbonyl (C=O) groups is 1. The third kappa shape index (κ3) is 2.14. The normalized spacial score (nSPS) is 15.5. The first-order valence-electron chi connectivity index (χ1n) is 4.80. The molecular formula is C11H17NO2. The Kier molecular flexibility index (Phi) is 4.93. The van der Waals surface area contributed by atoms with Gasteiger partial charge in [-0.2, -0.15) is 5.26 Å². The van der Waals surface area contributed by atoms with E-state index in [1.165, 1.54) is 0 Å². The lowest BCUT2D eigenvalue weighted by molar-refractivity contribution is -0.150. The van der Waals surface area contributed by atoms with E-state index in [0.717, 1.165) is 5.57 Å². The summed E-state index contributed by atoms with van der Waals surface area (Å²) in [6, 6.07) is 2.06. The Morgan fingerprint density at radius 3 is 2.43 bits per heavy atom. The zero-order valence-electron chi connectivity index (χ0n) is 9.26. The van der Waals surface area contributed by atoms with Gasteiger partial charge in [-0.25, -0.2) is 4.79 Å². The fraction of sp³-hybridized carbons (Fsp3) is 0.636. The van der Waals surface area contributed by atoms with Gasteiger partial charge in [0.25, 0.3) is 0 Å². The predicted octanol–water partition coefficient (Wildman–Crippen LogP) is 2.44. The summed E-state index contributed by atoms with van der Waals surface area (Å²) in [4.78, 5) is 11.6. The van der Waals surface area contributed by atoms with Crippen molar-refractivity contribution in [3.63, 3.8) is 0 Å². The Labute approximate surface area is 85.4 Å². The maximum absolute atomic E-state index is 11.6. The van der Waals surface area contributed by atoms with Crippen LogP contribution in [-0.2, 0) is 9.53 Å². The van der Waals surface area contributed by atoms with Crippen LogP contribution in [0.5, 0.6) is 0 Å². The van der Waals surface area contributed by atoms with Crippen molar-refractivity contribution < 1.29 is 9.53 Å². The number of rotatable bonds is 4. The molecule has 0 heterocycles. The van der Waals surface area contributed by atoms with Crippen LogP contribution in [0.4, 0.5) is 0 Å². The van der Waals surface area contributed by atoms with Gasteiger partial charge in [-0.05, 0) is 32.8 Å². The average molecular weight is 195 g/mol. The van der Waals surface area contributed by atoms with Crippen molar-refractivity contribution in [3.05, 3.63) is 11.6 Å². The highest BCUT2D eigenvalue weighted by Crippen LogP contribution is 2.31. The number of hydrogen-bond acceptors (Lipinski definition) is 3. The topological polar surface area (TPSA) is 50.1 Å². The minimum atomic E-state index is -1.09. The number of carbonyl (C=O) groups excluding carboxylic acids is 1. The van der Waals surface area contributed by atoms with Crippen LogP contribution in [0.25, 0.3) is 0 Å². The van der Waals surface area contributed by atoms with Crippen molar-refractivity contribution in [1.82, 2.24) is 0 Å². The van der Waals surface area contributed by atoms with E-state index in [1.54, 1.807) is 19.9 Å². The zero-order valence-corrected chi connectivity index (χ0v) is 9.26. The zero-order chi connectivity index (χ0) is 11.2. The quantitative estimate of drug-likeness (QED) is 0.511. The molecule has 0 N–H and O–H groups in total. The van der Waals surface area contributed by atoms with Gasteiger partial charge in [0.1, 0.15) is 0 Å². The van der Waals surface area contributed by atoms with Crippen LogP contribution < -0.4 is 0 Å². The van der Waals surface area contributed by atoms with E-state index in [2.05, 4.69) is 6.07 Å². The van der Waals surface area contributed by atoms with Crippen molar-refractivity contribution in [2.75, 3.05) is 6.61 Å². The van der Waals surface area contributed by atoms with Gasteiger partial charge in [0.2, 0.25) is 0 Å². The summed E-state index contributed by atoms with van der Waals surface area (Å²) in [7, 11) is 0. The van der Waals surface area contributed by atoms with E-state index >= 15 is 0 Å². The van der Waals surface area contributed by atoms with Crippen LogP contribution in [0.15, 0.2) is 11.6 Å². The van der Waals surface area contributed by atoms with Crippen molar-refractivity contribution in [2.45, 2.75) is 34.1 Å². The first-order chi connectivity index (χ1) is 6.58. The predicted molar refractivity (Wildman–Crippen MR) is 54.4 cm³/mol. The number of esters is 1. The van der Waals surface area contributed by atoms with Gasteiger partial charge in [-0.1, -0.05) is 13.0 Å². The van der Waals surface area contributed by atoms with Crippen LogP contribution in [0.3, 0.4) is 0 Å². The van der Waals surface area contributed by atoms with E-state index in [-0.39, 0.29) is 0 Å². The van der Waals surface area contributed by atoms with Crippen LogP contribution in [-0.4, -0.2) is 12.6 Å². The third-order valence-electron chi connectivity index (χ3n) is 2.45. The molecule has 78 valence electrons.